The highest BCUT2D eigenvalue weighted by atomic mass is 35.5. The predicted molar refractivity (Wildman–Crippen MR) is 160 cm³/mol. The van der Waals surface area contributed by atoms with Crippen molar-refractivity contribution in [1.82, 2.24) is 24.9 Å². The monoisotopic (exact) mass is 558 g/mol. The number of likely N-dealkylation sites (tertiary alicyclic amines) is 1. The summed E-state index contributed by atoms with van der Waals surface area (Å²) in [5, 5.41) is 14.5. The molecule has 1 fully saturated rings. The lowest BCUT2D eigenvalue weighted by molar-refractivity contribution is -0.127. The number of benzene rings is 2. The number of fused-ring (bicyclic) bond motifs is 2. The molecular formula is C31H35ClN6O2. The molecule has 0 spiro atoms. The summed E-state index contributed by atoms with van der Waals surface area (Å²) in [5.74, 6) is -0.0106. The van der Waals surface area contributed by atoms with Crippen LogP contribution in [0, 0.1) is 13.8 Å². The fourth-order valence-electron chi connectivity index (χ4n) is 6.33. The average Bonchev–Trinajstić information content (AvgIpc) is 3.69. The first kappa shape index (κ1) is 26.6. The number of carbonyl (C=O) groups is 1. The van der Waals surface area contributed by atoms with Crippen molar-refractivity contribution < 1.29 is 9.53 Å². The molecule has 4 aromatic rings. The van der Waals surface area contributed by atoms with E-state index in [9.17, 15) is 4.79 Å². The summed E-state index contributed by atoms with van der Waals surface area (Å²) in [4.78, 5) is 16.5. The Morgan fingerprint density at radius 3 is 2.75 bits per heavy atom. The van der Waals surface area contributed by atoms with Gasteiger partial charge in [0.25, 0.3) is 0 Å². The summed E-state index contributed by atoms with van der Waals surface area (Å²) in [6.07, 6.45) is 5.92. The van der Waals surface area contributed by atoms with Crippen molar-refractivity contribution in [2.75, 3.05) is 44.8 Å². The highest BCUT2D eigenvalue weighted by Crippen LogP contribution is 2.45. The van der Waals surface area contributed by atoms with Gasteiger partial charge in [0.2, 0.25) is 5.91 Å². The maximum Gasteiger partial charge on any atom is 0.245 e. The Labute approximate surface area is 239 Å². The number of carbonyl (C=O) groups excluding carboxylic acids is 1. The number of halogens is 1. The van der Waals surface area contributed by atoms with Crippen molar-refractivity contribution >= 4 is 34.1 Å². The molecule has 0 bridgehead atoms. The maximum atomic E-state index is 12.2. The van der Waals surface area contributed by atoms with E-state index in [4.69, 9.17) is 21.4 Å². The number of nitrogens with one attached hydrogen (secondary N) is 1. The smallest absolute Gasteiger partial charge is 0.245 e. The van der Waals surface area contributed by atoms with Crippen LogP contribution in [0.5, 0.6) is 0 Å². The number of aromatic nitrogens is 4. The van der Waals surface area contributed by atoms with Crippen LogP contribution >= 0.6 is 11.6 Å². The first-order valence-electron chi connectivity index (χ1n) is 13.9. The van der Waals surface area contributed by atoms with Crippen LogP contribution in [0.4, 0.5) is 5.69 Å². The molecule has 0 saturated carbocycles. The normalized spacial score (nSPS) is 15.7. The highest BCUT2D eigenvalue weighted by molar-refractivity contribution is 6.36. The van der Waals surface area contributed by atoms with E-state index >= 15 is 0 Å². The molecule has 4 heterocycles. The van der Waals surface area contributed by atoms with Crippen LogP contribution in [-0.4, -0.2) is 70.7 Å². The van der Waals surface area contributed by atoms with Crippen molar-refractivity contribution in [3.63, 3.8) is 0 Å². The lowest BCUT2D eigenvalue weighted by atomic mass is 9.94. The van der Waals surface area contributed by atoms with Gasteiger partial charge in [-0.2, -0.15) is 10.2 Å². The largest absolute Gasteiger partial charge is 0.383 e. The van der Waals surface area contributed by atoms with Gasteiger partial charge in [-0.3, -0.25) is 14.6 Å². The highest BCUT2D eigenvalue weighted by Gasteiger charge is 2.30. The van der Waals surface area contributed by atoms with E-state index in [2.05, 4.69) is 51.5 Å². The van der Waals surface area contributed by atoms with Gasteiger partial charge in [0.05, 0.1) is 29.4 Å². The minimum absolute atomic E-state index is 0.0106. The van der Waals surface area contributed by atoms with E-state index < -0.39 is 0 Å². The van der Waals surface area contributed by atoms with Crippen LogP contribution in [0.2, 0.25) is 5.02 Å². The lowest BCUT2D eigenvalue weighted by Gasteiger charge is -2.32. The van der Waals surface area contributed by atoms with Crippen LogP contribution in [0.1, 0.15) is 35.7 Å². The van der Waals surface area contributed by atoms with Crippen LogP contribution in [-0.2, 0) is 16.0 Å². The standard InChI is InChI=1S/C31H35ClN6O2/c1-5-27(39)37-12-9-23(10-13-37)38-20(3)28(29-24-18-33-34-25(24)16-19(2)30(29)32)31(35-38)22-6-7-26-21(17-22)8-11-36(26)14-15-40-4/h5-7,16-18,23H,1,8-15H2,2-4H3,(H,33,34). The molecule has 1 N–H and O–H groups in total. The summed E-state index contributed by atoms with van der Waals surface area (Å²) < 4.78 is 7.49. The predicted octanol–water partition coefficient (Wildman–Crippen LogP) is 5.72. The third-order valence-electron chi connectivity index (χ3n) is 8.47. The molecule has 0 aliphatic carbocycles. The number of anilines is 1. The molecule has 208 valence electrons. The number of amides is 1. The number of ether oxygens (including phenoxy) is 1. The summed E-state index contributed by atoms with van der Waals surface area (Å²) in [5.41, 5.74) is 9.62. The molecule has 2 aromatic heterocycles. The molecular weight excluding hydrogens is 524 g/mol. The molecule has 2 aromatic carbocycles. The third kappa shape index (κ3) is 4.49. The summed E-state index contributed by atoms with van der Waals surface area (Å²) in [6, 6.07) is 8.92. The van der Waals surface area contributed by atoms with E-state index in [1.165, 1.54) is 17.3 Å². The minimum atomic E-state index is -0.0106. The van der Waals surface area contributed by atoms with Gasteiger partial charge in [-0.1, -0.05) is 24.2 Å². The van der Waals surface area contributed by atoms with Gasteiger partial charge in [-0.05, 0) is 68.5 Å². The Hall–Kier alpha value is -3.62. The number of hydrogen-bond donors (Lipinski definition) is 1. The van der Waals surface area contributed by atoms with Crippen molar-refractivity contribution in [2.24, 2.45) is 0 Å². The van der Waals surface area contributed by atoms with E-state index in [1.807, 2.05) is 24.1 Å². The molecule has 2 aliphatic heterocycles. The van der Waals surface area contributed by atoms with Crippen molar-refractivity contribution in [3.05, 3.63) is 65.0 Å². The van der Waals surface area contributed by atoms with Gasteiger partial charge in [-0.15, -0.1) is 0 Å². The van der Waals surface area contributed by atoms with Gasteiger partial charge < -0.3 is 14.5 Å². The van der Waals surface area contributed by atoms with Crippen LogP contribution in [0.25, 0.3) is 33.3 Å². The average molecular weight is 559 g/mol. The fraction of sp³-hybridized carbons (Fsp3) is 0.387. The molecule has 2 aliphatic rings. The van der Waals surface area contributed by atoms with Crippen LogP contribution < -0.4 is 4.90 Å². The van der Waals surface area contributed by atoms with Crippen LogP contribution in [0.15, 0.2) is 43.1 Å². The Morgan fingerprint density at radius 2 is 2.00 bits per heavy atom. The van der Waals surface area contributed by atoms with Gasteiger partial charge in [-0.25, -0.2) is 0 Å². The second-order valence-electron chi connectivity index (χ2n) is 10.8. The fourth-order valence-corrected chi connectivity index (χ4v) is 6.58. The topological polar surface area (TPSA) is 79.3 Å². The zero-order valence-electron chi connectivity index (χ0n) is 23.3. The van der Waals surface area contributed by atoms with E-state index in [1.54, 1.807) is 7.11 Å². The molecule has 9 heteroatoms. The van der Waals surface area contributed by atoms with Gasteiger partial charge >= 0.3 is 0 Å². The van der Waals surface area contributed by atoms with E-state index in [0.717, 1.165) is 81.9 Å². The Morgan fingerprint density at radius 1 is 1.20 bits per heavy atom. The van der Waals surface area contributed by atoms with Gasteiger partial charge in [0.1, 0.15) is 5.69 Å². The molecule has 6 rings (SSSR count). The second-order valence-corrected chi connectivity index (χ2v) is 11.2. The second kappa shape index (κ2) is 10.7. The number of methoxy groups -OCH3 is 1. The van der Waals surface area contributed by atoms with Crippen molar-refractivity contribution in [3.8, 4) is 22.4 Å². The first-order chi connectivity index (χ1) is 19.4. The molecule has 1 amide bonds. The molecule has 40 heavy (non-hydrogen) atoms. The quantitative estimate of drug-likeness (QED) is 0.293. The number of H-pyrrole nitrogens is 1. The molecule has 1 saturated heterocycles. The van der Waals surface area contributed by atoms with Gasteiger partial charge in [0, 0.05) is 66.7 Å². The van der Waals surface area contributed by atoms with Crippen molar-refractivity contribution in [1.29, 1.82) is 0 Å². The molecule has 0 atom stereocenters. The maximum absolute atomic E-state index is 12.2. The molecule has 0 radical (unpaired) electrons. The number of rotatable bonds is 7. The Balaban J connectivity index is 1.48. The zero-order valence-corrected chi connectivity index (χ0v) is 24.1. The third-order valence-corrected chi connectivity index (χ3v) is 8.96. The Kier molecular flexibility index (Phi) is 7.15. The number of aromatic amines is 1. The lowest BCUT2D eigenvalue weighted by Crippen LogP contribution is -2.38. The Bertz CT molecular complexity index is 1600. The SMILES string of the molecule is C=CC(=O)N1CCC(n2nc(-c3ccc4c(c3)CCN4CCOC)c(-c3c(Cl)c(C)cc4[nH]ncc34)c2C)CC1. The summed E-state index contributed by atoms with van der Waals surface area (Å²) >= 11 is 7.07. The number of aryl methyl sites for hydroxylation is 1. The molecule has 8 nitrogen and oxygen atoms in total. The van der Waals surface area contributed by atoms with E-state index in [0.29, 0.717) is 19.7 Å². The minimum Gasteiger partial charge on any atom is -0.383 e. The van der Waals surface area contributed by atoms with Crippen molar-refractivity contribution in [2.45, 2.75) is 39.2 Å². The number of nitrogens with zero attached hydrogens (tertiary/aromatic N) is 5. The van der Waals surface area contributed by atoms with E-state index in [-0.39, 0.29) is 11.9 Å². The van der Waals surface area contributed by atoms with Crippen LogP contribution in [0.3, 0.4) is 0 Å². The first-order valence-corrected chi connectivity index (χ1v) is 14.3. The summed E-state index contributed by atoms with van der Waals surface area (Å²) in [7, 11) is 1.74. The zero-order chi connectivity index (χ0) is 28.0. The number of piperidine rings is 1. The number of hydrogen-bond acceptors (Lipinski definition) is 5. The van der Waals surface area contributed by atoms with Gasteiger partial charge in [0.15, 0.2) is 0 Å². The molecule has 0 unspecified atom stereocenters. The summed E-state index contributed by atoms with van der Waals surface area (Å²) in [6.45, 7) is 11.8.